The molecule has 1 saturated heterocycles. The molecule has 1 amide bonds. The molecule has 2 atom stereocenters. The number of hydrogen-bond donors (Lipinski definition) is 1. The Morgan fingerprint density at radius 3 is 2.79 bits per heavy atom. The van der Waals surface area contributed by atoms with Gasteiger partial charge in [0.05, 0.1) is 29.6 Å². The second-order valence-electron chi connectivity index (χ2n) is 7.36. The molecule has 2 heterocycles. The molecule has 0 bridgehead atoms. The Morgan fingerprint density at radius 2 is 2.11 bits per heavy atom. The lowest BCUT2D eigenvalue weighted by molar-refractivity contribution is -0.0707. The van der Waals surface area contributed by atoms with E-state index >= 15 is 0 Å². The topological polar surface area (TPSA) is 63.7 Å². The Kier molecular flexibility index (Phi) is 6.93. The van der Waals surface area contributed by atoms with Gasteiger partial charge in [-0.15, -0.1) is 11.3 Å². The van der Waals surface area contributed by atoms with Crippen LogP contribution in [0.3, 0.4) is 0 Å². The maximum absolute atomic E-state index is 12.7. The van der Waals surface area contributed by atoms with Crippen LogP contribution < -0.4 is 10.1 Å². The number of ether oxygens (including phenoxy) is 2. The number of benzene rings is 1. The molecule has 152 valence electrons. The van der Waals surface area contributed by atoms with E-state index in [2.05, 4.69) is 29.0 Å². The first-order valence-corrected chi connectivity index (χ1v) is 10.7. The summed E-state index contributed by atoms with van der Waals surface area (Å²) >= 11 is 7.48. The van der Waals surface area contributed by atoms with Crippen LogP contribution in [0.15, 0.2) is 23.6 Å². The highest BCUT2D eigenvalue weighted by Crippen LogP contribution is 2.26. The van der Waals surface area contributed by atoms with Crippen LogP contribution in [-0.4, -0.2) is 47.2 Å². The van der Waals surface area contributed by atoms with Gasteiger partial charge in [0.2, 0.25) is 0 Å². The molecule has 1 aromatic heterocycles. The molecule has 0 saturated carbocycles. The predicted octanol–water partition coefficient (Wildman–Crippen LogP) is 4.45. The van der Waals surface area contributed by atoms with E-state index in [1.807, 2.05) is 19.2 Å². The van der Waals surface area contributed by atoms with Crippen molar-refractivity contribution in [2.45, 2.75) is 52.6 Å². The van der Waals surface area contributed by atoms with Crippen molar-refractivity contribution < 1.29 is 14.3 Å². The fraction of sp³-hybridized carbons (Fsp3) is 0.500. The van der Waals surface area contributed by atoms with E-state index in [9.17, 15) is 4.79 Å². The molecule has 6 nitrogen and oxygen atoms in total. The van der Waals surface area contributed by atoms with Crippen molar-refractivity contribution in [1.82, 2.24) is 9.88 Å². The van der Waals surface area contributed by atoms with Crippen molar-refractivity contribution in [3.8, 4) is 5.75 Å². The number of hydrogen-bond acceptors (Lipinski definition) is 6. The van der Waals surface area contributed by atoms with Gasteiger partial charge in [0.25, 0.3) is 5.91 Å². The fourth-order valence-electron chi connectivity index (χ4n) is 3.28. The molecular weight excluding hydrogens is 398 g/mol. The van der Waals surface area contributed by atoms with Gasteiger partial charge in [0, 0.05) is 30.0 Å². The van der Waals surface area contributed by atoms with Crippen LogP contribution in [0.25, 0.3) is 0 Å². The maximum atomic E-state index is 12.7. The minimum Gasteiger partial charge on any atom is -0.490 e. The maximum Gasteiger partial charge on any atom is 0.261 e. The number of amides is 1. The molecule has 1 fully saturated rings. The van der Waals surface area contributed by atoms with Gasteiger partial charge < -0.3 is 9.47 Å². The van der Waals surface area contributed by atoms with Crippen LogP contribution in [0.1, 0.15) is 43.7 Å². The summed E-state index contributed by atoms with van der Waals surface area (Å²) in [5, 5.41) is 5.88. The Balaban J connectivity index is 1.66. The largest absolute Gasteiger partial charge is 0.490 e. The number of nitrogens with zero attached hydrogens (tertiary/aromatic N) is 2. The zero-order valence-corrected chi connectivity index (χ0v) is 18.1. The lowest BCUT2D eigenvalue weighted by atomic mass is 10.2. The second kappa shape index (κ2) is 9.22. The first-order valence-electron chi connectivity index (χ1n) is 9.40. The standard InChI is InChI=1S/C20H26ClN3O3S/c1-12(2)26-18-6-5-15(21)7-17(18)19(25)23-20-22-16(11-28-20)10-24-8-13(3)27-14(4)9-24/h5-7,11-14H,8-10H2,1-4H3,(H,22,23,25). The van der Waals surface area contributed by atoms with Crippen LogP contribution in [0.2, 0.25) is 5.02 Å². The van der Waals surface area contributed by atoms with Crippen molar-refractivity contribution >= 4 is 34.0 Å². The summed E-state index contributed by atoms with van der Waals surface area (Å²) in [7, 11) is 0. The molecule has 0 aliphatic carbocycles. The number of rotatable bonds is 6. The molecule has 1 aliphatic rings. The third kappa shape index (κ3) is 5.67. The summed E-state index contributed by atoms with van der Waals surface area (Å²) in [6.07, 6.45) is 0.380. The van der Waals surface area contributed by atoms with Crippen molar-refractivity contribution in [1.29, 1.82) is 0 Å². The summed E-state index contributed by atoms with van der Waals surface area (Å²) in [5.74, 6) is 0.220. The molecular formula is C20H26ClN3O3S. The zero-order valence-electron chi connectivity index (χ0n) is 16.6. The van der Waals surface area contributed by atoms with Gasteiger partial charge in [-0.3, -0.25) is 15.0 Å². The predicted molar refractivity (Wildman–Crippen MR) is 113 cm³/mol. The van der Waals surface area contributed by atoms with Crippen LogP contribution in [0, 0.1) is 0 Å². The molecule has 3 rings (SSSR count). The molecule has 1 aliphatic heterocycles. The fourth-order valence-corrected chi connectivity index (χ4v) is 4.15. The third-order valence-electron chi connectivity index (χ3n) is 4.20. The first kappa shape index (κ1) is 21.0. The minimum absolute atomic E-state index is 0.0440. The average Bonchev–Trinajstić information content (AvgIpc) is 3.01. The number of halogens is 1. The lowest BCUT2D eigenvalue weighted by Crippen LogP contribution is -2.44. The zero-order chi connectivity index (χ0) is 20.3. The Bertz CT molecular complexity index is 817. The lowest BCUT2D eigenvalue weighted by Gasteiger charge is -2.34. The van der Waals surface area contributed by atoms with Crippen LogP contribution in [0.4, 0.5) is 5.13 Å². The molecule has 8 heteroatoms. The Labute approximate surface area is 174 Å². The van der Waals surface area contributed by atoms with Crippen molar-refractivity contribution in [3.05, 3.63) is 39.9 Å². The highest BCUT2D eigenvalue weighted by Gasteiger charge is 2.23. The van der Waals surface area contributed by atoms with Gasteiger partial charge in [0.1, 0.15) is 5.75 Å². The smallest absolute Gasteiger partial charge is 0.261 e. The molecule has 1 aromatic carbocycles. The number of morpholine rings is 1. The summed E-state index contributed by atoms with van der Waals surface area (Å²) in [4.78, 5) is 19.6. The highest BCUT2D eigenvalue weighted by molar-refractivity contribution is 7.14. The van der Waals surface area contributed by atoms with Gasteiger partial charge in [-0.2, -0.15) is 0 Å². The number of thiazole rings is 1. The molecule has 0 radical (unpaired) electrons. The second-order valence-corrected chi connectivity index (χ2v) is 8.65. The Morgan fingerprint density at radius 1 is 1.39 bits per heavy atom. The number of anilines is 1. The number of aromatic nitrogens is 1. The number of nitrogens with one attached hydrogen (secondary N) is 1. The van der Waals surface area contributed by atoms with Crippen molar-refractivity contribution in [2.75, 3.05) is 18.4 Å². The number of carbonyl (C=O) groups excluding carboxylic acids is 1. The molecule has 2 aromatic rings. The minimum atomic E-state index is -0.285. The number of carbonyl (C=O) groups is 1. The van der Waals surface area contributed by atoms with Crippen LogP contribution >= 0.6 is 22.9 Å². The van der Waals surface area contributed by atoms with E-state index < -0.39 is 0 Å². The van der Waals surface area contributed by atoms with Crippen LogP contribution in [0.5, 0.6) is 5.75 Å². The van der Waals surface area contributed by atoms with E-state index in [1.54, 1.807) is 18.2 Å². The molecule has 28 heavy (non-hydrogen) atoms. The van der Waals surface area contributed by atoms with E-state index in [0.717, 1.165) is 25.3 Å². The van der Waals surface area contributed by atoms with Gasteiger partial charge >= 0.3 is 0 Å². The van der Waals surface area contributed by atoms with Crippen molar-refractivity contribution in [3.63, 3.8) is 0 Å². The Hall–Kier alpha value is -1.67. The van der Waals surface area contributed by atoms with E-state index in [-0.39, 0.29) is 24.2 Å². The van der Waals surface area contributed by atoms with Crippen molar-refractivity contribution in [2.24, 2.45) is 0 Å². The van der Waals surface area contributed by atoms with Crippen LogP contribution in [-0.2, 0) is 11.3 Å². The average molecular weight is 424 g/mol. The summed E-state index contributed by atoms with van der Waals surface area (Å²) < 4.78 is 11.5. The summed E-state index contributed by atoms with van der Waals surface area (Å²) in [6.45, 7) is 10.5. The monoisotopic (exact) mass is 423 g/mol. The van der Waals surface area contributed by atoms with Gasteiger partial charge in [0.15, 0.2) is 5.13 Å². The first-order chi connectivity index (χ1) is 13.3. The van der Waals surface area contributed by atoms with E-state index in [1.165, 1.54) is 11.3 Å². The SMILES string of the molecule is CC(C)Oc1ccc(Cl)cc1C(=O)Nc1nc(CN2CC(C)OC(C)C2)cs1. The highest BCUT2D eigenvalue weighted by atomic mass is 35.5. The normalized spacial score (nSPS) is 20.4. The third-order valence-corrected chi connectivity index (χ3v) is 5.24. The van der Waals surface area contributed by atoms with Gasteiger partial charge in [-0.25, -0.2) is 4.98 Å². The van der Waals surface area contributed by atoms with Gasteiger partial charge in [-0.05, 0) is 45.9 Å². The quantitative estimate of drug-likeness (QED) is 0.743. The van der Waals surface area contributed by atoms with E-state index in [0.29, 0.717) is 21.5 Å². The van der Waals surface area contributed by atoms with E-state index in [4.69, 9.17) is 21.1 Å². The van der Waals surface area contributed by atoms with Gasteiger partial charge in [-0.1, -0.05) is 11.6 Å². The molecule has 2 unspecified atom stereocenters. The molecule has 1 N–H and O–H groups in total. The molecule has 0 spiro atoms. The summed E-state index contributed by atoms with van der Waals surface area (Å²) in [5.41, 5.74) is 1.33. The summed E-state index contributed by atoms with van der Waals surface area (Å²) in [6, 6.07) is 5.03.